The van der Waals surface area contributed by atoms with Crippen LogP contribution < -0.4 is 0 Å². The molecule has 1 aliphatic heterocycles. The van der Waals surface area contributed by atoms with Crippen LogP contribution in [-0.2, 0) is 11.3 Å². The van der Waals surface area contributed by atoms with Crippen LogP contribution in [0.5, 0.6) is 0 Å². The molecule has 0 bridgehead atoms. The van der Waals surface area contributed by atoms with Crippen molar-refractivity contribution in [1.82, 2.24) is 19.7 Å². The first-order chi connectivity index (χ1) is 13.6. The molecule has 0 N–H and O–H groups in total. The molecule has 0 spiro atoms. The van der Waals surface area contributed by atoms with E-state index in [1.165, 1.54) is 11.8 Å². The number of furan rings is 1. The molecule has 3 aromatic rings. The third-order valence-electron chi connectivity index (χ3n) is 4.76. The summed E-state index contributed by atoms with van der Waals surface area (Å²) in [5.74, 6) is 1.68. The summed E-state index contributed by atoms with van der Waals surface area (Å²) in [5.41, 5.74) is 0.911. The van der Waals surface area contributed by atoms with Gasteiger partial charge < -0.3 is 9.32 Å². The summed E-state index contributed by atoms with van der Waals surface area (Å²) in [6.07, 6.45) is 3.81. The van der Waals surface area contributed by atoms with Crippen molar-refractivity contribution < 1.29 is 9.21 Å². The summed E-state index contributed by atoms with van der Waals surface area (Å²) in [4.78, 5) is 14.6. The highest BCUT2D eigenvalue weighted by Gasteiger charge is 2.26. The van der Waals surface area contributed by atoms with E-state index in [0.717, 1.165) is 43.1 Å². The summed E-state index contributed by atoms with van der Waals surface area (Å²) >= 11 is 7.46. The molecule has 3 heterocycles. The number of halogens is 1. The zero-order chi connectivity index (χ0) is 19.5. The van der Waals surface area contributed by atoms with Crippen LogP contribution in [0.4, 0.5) is 0 Å². The van der Waals surface area contributed by atoms with E-state index in [4.69, 9.17) is 16.0 Å². The lowest BCUT2D eigenvalue weighted by Crippen LogP contribution is -2.34. The molecule has 0 aliphatic carbocycles. The van der Waals surface area contributed by atoms with Crippen molar-refractivity contribution in [2.24, 2.45) is 0 Å². The molecule has 146 valence electrons. The zero-order valence-electron chi connectivity index (χ0n) is 15.5. The first-order valence-electron chi connectivity index (χ1n) is 9.29. The number of nitrogens with zero attached hydrogens (tertiary/aromatic N) is 4. The Kier molecular flexibility index (Phi) is 5.73. The molecule has 1 saturated heterocycles. The van der Waals surface area contributed by atoms with Crippen molar-refractivity contribution >= 4 is 29.3 Å². The maximum Gasteiger partial charge on any atom is 0.235 e. The highest BCUT2D eigenvalue weighted by Crippen LogP contribution is 2.29. The van der Waals surface area contributed by atoms with Gasteiger partial charge in [0.05, 0.1) is 18.1 Å². The number of carbonyl (C=O) groups excluding carboxylic acids is 1. The Bertz CT molecular complexity index is 934. The molecule has 0 radical (unpaired) electrons. The Morgan fingerprint density at radius 3 is 2.64 bits per heavy atom. The quantitative estimate of drug-likeness (QED) is 0.559. The van der Waals surface area contributed by atoms with Gasteiger partial charge >= 0.3 is 0 Å². The molecule has 1 fully saturated rings. The van der Waals surface area contributed by atoms with Crippen LogP contribution in [0.2, 0.25) is 5.02 Å². The van der Waals surface area contributed by atoms with Crippen molar-refractivity contribution in [2.75, 3.05) is 13.1 Å². The number of amides is 1. The lowest BCUT2D eigenvalue weighted by Gasteiger charge is -2.19. The van der Waals surface area contributed by atoms with Gasteiger partial charge in [-0.25, -0.2) is 0 Å². The standard InChI is InChI=1S/C20H21ClN4O2S/c1-14(19(26)24-10-2-3-11-24)28-20-23-22-18(15-6-8-16(21)9-7-15)25(20)13-17-5-4-12-27-17/h4-9,12,14H,2-3,10-11,13H2,1H3/t14-/m1/s1. The topological polar surface area (TPSA) is 64.2 Å². The predicted octanol–water partition coefficient (Wildman–Crippen LogP) is 4.34. The number of likely N-dealkylation sites (tertiary alicyclic amines) is 1. The van der Waals surface area contributed by atoms with Crippen molar-refractivity contribution in [2.45, 2.75) is 36.7 Å². The van der Waals surface area contributed by atoms with Gasteiger partial charge in [-0.15, -0.1) is 10.2 Å². The molecule has 1 aliphatic rings. The molecule has 4 rings (SSSR count). The Morgan fingerprint density at radius 2 is 1.96 bits per heavy atom. The number of rotatable bonds is 6. The van der Waals surface area contributed by atoms with Crippen LogP contribution in [-0.4, -0.2) is 43.9 Å². The second-order valence-electron chi connectivity index (χ2n) is 6.77. The summed E-state index contributed by atoms with van der Waals surface area (Å²) in [6, 6.07) is 11.3. The fourth-order valence-corrected chi connectivity index (χ4v) is 4.35. The predicted molar refractivity (Wildman–Crippen MR) is 109 cm³/mol. The Morgan fingerprint density at radius 1 is 1.21 bits per heavy atom. The van der Waals surface area contributed by atoms with Crippen LogP contribution in [0.25, 0.3) is 11.4 Å². The SMILES string of the molecule is C[C@@H](Sc1nnc(-c2ccc(Cl)cc2)n1Cc1ccco1)C(=O)N1CCCC1. The van der Waals surface area contributed by atoms with Gasteiger partial charge in [0.2, 0.25) is 5.91 Å². The largest absolute Gasteiger partial charge is 0.467 e. The minimum absolute atomic E-state index is 0.156. The van der Waals surface area contributed by atoms with Gasteiger partial charge in [-0.3, -0.25) is 9.36 Å². The average molecular weight is 417 g/mol. The summed E-state index contributed by atoms with van der Waals surface area (Å²) in [5, 5.41) is 9.90. The maximum absolute atomic E-state index is 12.7. The average Bonchev–Trinajstić information content (AvgIpc) is 3.45. The van der Waals surface area contributed by atoms with E-state index < -0.39 is 0 Å². The number of hydrogen-bond donors (Lipinski definition) is 0. The normalized spacial score (nSPS) is 15.1. The Balaban J connectivity index is 1.62. The summed E-state index contributed by atoms with van der Waals surface area (Å²) < 4.78 is 7.51. The van der Waals surface area contributed by atoms with Gasteiger partial charge in [-0.1, -0.05) is 23.4 Å². The van der Waals surface area contributed by atoms with Crippen molar-refractivity contribution in [1.29, 1.82) is 0 Å². The smallest absolute Gasteiger partial charge is 0.235 e. The van der Waals surface area contributed by atoms with Crippen LogP contribution in [0, 0.1) is 0 Å². The molecule has 0 unspecified atom stereocenters. The van der Waals surface area contributed by atoms with Crippen LogP contribution in [0.3, 0.4) is 0 Å². The highest BCUT2D eigenvalue weighted by atomic mass is 35.5. The van der Waals surface area contributed by atoms with E-state index in [2.05, 4.69) is 10.2 Å². The van der Waals surface area contributed by atoms with Crippen LogP contribution >= 0.6 is 23.4 Å². The number of hydrogen-bond acceptors (Lipinski definition) is 5. The fraction of sp³-hybridized carbons (Fsp3) is 0.350. The molecular weight excluding hydrogens is 396 g/mol. The van der Waals surface area contributed by atoms with Crippen molar-refractivity contribution in [3.8, 4) is 11.4 Å². The Hall–Kier alpha value is -2.25. The van der Waals surface area contributed by atoms with Gasteiger partial charge in [-0.05, 0) is 56.2 Å². The lowest BCUT2D eigenvalue weighted by atomic mass is 10.2. The van der Waals surface area contributed by atoms with E-state index >= 15 is 0 Å². The Labute approximate surface area is 172 Å². The molecule has 1 amide bonds. The van der Waals surface area contributed by atoms with E-state index in [1.54, 1.807) is 6.26 Å². The molecule has 6 nitrogen and oxygen atoms in total. The van der Waals surface area contributed by atoms with E-state index in [-0.39, 0.29) is 11.2 Å². The number of benzene rings is 1. The van der Waals surface area contributed by atoms with Gasteiger partial charge in [0.15, 0.2) is 11.0 Å². The number of carbonyl (C=O) groups is 1. The summed E-state index contributed by atoms with van der Waals surface area (Å²) in [6.45, 7) is 4.11. The molecule has 28 heavy (non-hydrogen) atoms. The van der Waals surface area contributed by atoms with E-state index in [1.807, 2.05) is 52.8 Å². The first-order valence-corrected chi connectivity index (χ1v) is 10.5. The first kappa shape index (κ1) is 19.1. The van der Waals surface area contributed by atoms with Crippen molar-refractivity contribution in [3.05, 3.63) is 53.4 Å². The molecule has 1 atom stereocenters. The third-order valence-corrected chi connectivity index (χ3v) is 6.08. The molecular formula is C20H21ClN4O2S. The van der Waals surface area contributed by atoms with Crippen molar-refractivity contribution in [3.63, 3.8) is 0 Å². The highest BCUT2D eigenvalue weighted by molar-refractivity contribution is 8.00. The van der Waals surface area contributed by atoms with Gasteiger partial charge in [-0.2, -0.15) is 0 Å². The molecule has 1 aromatic carbocycles. The zero-order valence-corrected chi connectivity index (χ0v) is 17.1. The van der Waals surface area contributed by atoms with E-state index in [0.29, 0.717) is 16.7 Å². The van der Waals surface area contributed by atoms with Gasteiger partial charge in [0.25, 0.3) is 0 Å². The fourth-order valence-electron chi connectivity index (χ4n) is 3.29. The monoisotopic (exact) mass is 416 g/mol. The van der Waals surface area contributed by atoms with E-state index in [9.17, 15) is 4.79 Å². The second kappa shape index (κ2) is 8.41. The molecule has 2 aromatic heterocycles. The lowest BCUT2D eigenvalue weighted by molar-refractivity contribution is -0.129. The van der Waals surface area contributed by atoms with Crippen LogP contribution in [0.15, 0.2) is 52.2 Å². The number of thioether (sulfide) groups is 1. The minimum atomic E-state index is -0.226. The minimum Gasteiger partial charge on any atom is -0.467 e. The van der Waals surface area contributed by atoms with Gasteiger partial charge in [0.1, 0.15) is 5.76 Å². The molecule has 0 saturated carbocycles. The molecule has 8 heteroatoms. The van der Waals surface area contributed by atoms with Gasteiger partial charge in [0, 0.05) is 23.7 Å². The van der Waals surface area contributed by atoms with Crippen LogP contribution in [0.1, 0.15) is 25.5 Å². The number of aromatic nitrogens is 3. The maximum atomic E-state index is 12.7. The summed E-state index contributed by atoms with van der Waals surface area (Å²) in [7, 11) is 0. The second-order valence-corrected chi connectivity index (χ2v) is 8.52. The third kappa shape index (κ3) is 4.10.